The molecule has 0 fully saturated rings. The Balaban J connectivity index is 2.82. The number of rotatable bonds is 6. The van der Waals surface area contributed by atoms with Crippen LogP contribution < -0.4 is 16.8 Å². The maximum Gasteiger partial charge on any atom is 0.0631 e. The molecule has 2 atom stereocenters. The van der Waals surface area contributed by atoms with Crippen LogP contribution in [-0.4, -0.2) is 12.6 Å². The summed E-state index contributed by atoms with van der Waals surface area (Å²) in [4.78, 5) is 0. The molecule has 1 rings (SSSR count). The third-order valence-corrected chi connectivity index (χ3v) is 3.57. The third kappa shape index (κ3) is 4.74. The summed E-state index contributed by atoms with van der Waals surface area (Å²) in [5, 5.41) is 3.23. The fraction of sp³-hybridized carbons (Fsp3) is 0.412. The van der Waals surface area contributed by atoms with Crippen molar-refractivity contribution in [3.05, 3.63) is 59.5 Å². The van der Waals surface area contributed by atoms with Gasteiger partial charge in [-0.15, -0.1) is 0 Å². The minimum atomic E-state index is 0.148. The van der Waals surface area contributed by atoms with Crippen LogP contribution in [0.1, 0.15) is 27.2 Å². The fourth-order valence-corrected chi connectivity index (χ4v) is 1.98. The van der Waals surface area contributed by atoms with Gasteiger partial charge in [0.05, 0.1) is 6.04 Å². The van der Waals surface area contributed by atoms with Gasteiger partial charge in [0.15, 0.2) is 0 Å². The van der Waals surface area contributed by atoms with Crippen molar-refractivity contribution < 1.29 is 0 Å². The topological polar surface area (TPSA) is 64.1 Å². The molecular formula is C17H27N3. The number of nitrogens with two attached hydrogens (primary N) is 2. The van der Waals surface area contributed by atoms with E-state index in [1.165, 1.54) is 5.57 Å². The Morgan fingerprint density at radius 2 is 2.25 bits per heavy atom. The maximum atomic E-state index is 6.23. The first-order chi connectivity index (χ1) is 9.60. The van der Waals surface area contributed by atoms with Crippen LogP contribution in [-0.2, 0) is 0 Å². The Morgan fingerprint density at radius 3 is 2.90 bits per heavy atom. The molecule has 0 bridgehead atoms. The highest BCUT2D eigenvalue weighted by Gasteiger charge is 2.13. The third-order valence-electron chi connectivity index (χ3n) is 3.57. The predicted molar refractivity (Wildman–Crippen MR) is 87.8 cm³/mol. The van der Waals surface area contributed by atoms with Crippen molar-refractivity contribution >= 4 is 0 Å². The SMILES string of the molecule is CC/C=C\C=C(\C)C(C)/C(N)=C/C1=CC=CNC1CN. The fourth-order valence-electron chi connectivity index (χ4n) is 1.98. The Kier molecular flexibility index (Phi) is 6.88. The predicted octanol–water partition coefficient (Wildman–Crippen LogP) is 2.75. The van der Waals surface area contributed by atoms with Gasteiger partial charge < -0.3 is 16.8 Å². The molecule has 5 N–H and O–H groups in total. The molecule has 3 nitrogen and oxygen atoms in total. The van der Waals surface area contributed by atoms with Crippen molar-refractivity contribution in [3.8, 4) is 0 Å². The molecule has 0 radical (unpaired) electrons. The second-order valence-electron chi connectivity index (χ2n) is 5.09. The van der Waals surface area contributed by atoms with Crippen LogP contribution in [0, 0.1) is 5.92 Å². The summed E-state index contributed by atoms with van der Waals surface area (Å²) in [5.41, 5.74) is 15.2. The number of dihydropyridines is 1. The summed E-state index contributed by atoms with van der Waals surface area (Å²) in [6.45, 7) is 6.92. The lowest BCUT2D eigenvalue weighted by Crippen LogP contribution is -2.35. The Labute approximate surface area is 122 Å². The minimum Gasteiger partial charge on any atom is -0.402 e. The first-order valence-corrected chi connectivity index (χ1v) is 7.23. The molecule has 0 aromatic rings. The molecule has 110 valence electrons. The average Bonchev–Trinajstić information content (AvgIpc) is 2.47. The van der Waals surface area contributed by atoms with Crippen molar-refractivity contribution in [3.63, 3.8) is 0 Å². The van der Waals surface area contributed by atoms with Crippen molar-refractivity contribution in [1.82, 2.24) is 5.32 Å². The van der Waals surface area contributed by atoms with Crippen LogP contribution in [0.4, 0.5) is 0 Å². The van der Waals surface area contributed by atoms with Gasteiger partial charge in [-0.05, 0) is 37.3 Å². The second-order valence-corrected chi connectivity index (χ2v) is 5.09. The number of nitrogens with one attached hydrogen (secondary N) is 1. The van der Waals surface area contributed by atoms with Crippen molar-refractivity contribution in [2.45, 2.75) is 33.2 Å². The summed E-state index contributed by atoms with van der Waals surface area (Å²) in [5.74, 6) is 0.224. The lowest BCUT2D eigenvalue weighted by molar-refractivity contribution is 0.674. The maximum absolute atomic E-state index is 6.23. The van der Waals surface area contributed by atoms with Crippen LogP contribution in [0.5, 0.6) is 0 Å². The van der Waals surface area contributed by atoms with Gasteiger partial charge in [-0.3, -0.25) is 0 Å². The summed E-state index contributed by atoms with van der Waals surface area (Å²) in [7, 11) is 0. The summed E-state index contributed by atoms with van der Waals surface area (Å²) in [6.07, 6.45) is 15.4. The highest BCUT2D eigenvalue weighted by Crippen LogP contribution is 2.19. The first-order valence-electron chi connectivity index (χ1n) is 7.23. The lowest BCUT2D eigenvalue weighted by Gasteiger charge is -2.21. The Hall–Kier alpha value is -1.74. The summed E-state index contributed by atoms with van der Waals surface area (Å²) >= 11 is 0. The van der Waals surface area contributed by atoms with Gasteiger partial charge in [0.2, 0.25) is 0 Å². The number of allylic oxidation sites excluding steroid dienone is 6. The highest BCUT2D eigenvalue weighted by atomic mass is 14.9. The van der Waals surface area contributed by atoms with Gasteiger partial charge in [0.1, 0.15) is 0 Å². The van der Waals surface area contributed by atoms with E-state index in [1.54, 1.807) is 0 Å². The largest absolute Gasteiger partial charge is 0.402 e. The van der Waals surface area contributed by atoms with Crippen LogP contribution in [0.25, 0.3) is 0 Å². The standard InChI is InChI=1S/C17H27N3/c1-4-5-6-8-13(2)14(3)16(19)11-15-9-7-10-20-17(15)12-18/h5-11,14,17,20H,4,12,18-19H2,1-3H3/b6-5-,13-8-,16-11-. The van der Waals surface area contributed by atoms with Gasteiger partial charge in [-0.2, -0.15) is 0 Å². The van der Waals surface area contributed by atoms with E-state index in [-0.39, 0.29) is 12.0 Å². The van der Waals surface area contributed by atoms with Gasteiger partial charge >= 0.3 is 0 Å². The Bertz CT molecular complexity index is 453. The van der Waals surface area contributed by atoms with E-state index < -0.39 is 0 Å². The van der Waals surface area contributed by atoms with Gasteiger partial charge in [0, 0.05) is 18.2 Å². The molecule has 3 heteroatoms. The van der Waals surface area contributed by atoms with E-state index in [1.807, 2.05) is 18.4 Å². The summed E-state index contributed by atoms with van der Waals surface area (Å²) in [6, 6.07) is 0.148. The molecule has 1 heterocycles. The van der Waals surface area contributed by atoms with Crippen LogP contribution in [0.2, 0.25) is 0 Å². The lowest BCUT2D eigenvalue weighted by atomic mass is 9.95. The van der Waals surface area contributed by atoms with E-state index in [4.69, 9.17) is 11.5 Å². The molecule has 0 aromatic carbocycles. The van der Waals surface area contributed by atoms with Crippen LogP contribution in [0.3, 0.4) is 0 Å². The minimum absolute atomic E-state index is 0.148. The van der Waals surface area contributed by atoms with Crippen molar-refractivity contribution in [2.75, 3.05) is 6.54 Å². The van der Waals surface area contributed by atoms with E-state index in [0.717, 1.165) is 17.7 Å². The molecule has 0 aromatic heterocycles. The van der Waals surface area contributed by atoms with Crippen molar-refractivity contribution in [1.29, 1.82) is 0 Å². The normalized spacial score (nSPS) is 21.8. The molecule has 0 saturated heterocycles. The van der Waals surface area contributed by atoms with Crippen molar-refractivity contribution in [2.24, 2.45) is 17.4 Å². The van der Waals surface area contributed by atoms with Crippen LogP contribution in [0.15, 0.2) is 59.5 Å². The quantitative estimate of drug-likeness (QED) is 0.652. The molecule has 0 spiro atoms. The van der Waals surface area contributed by atoms with E-state index in [2.05, 4.69) is 50.4 Å². The molecule has 1 aliphatic heterocycles. The smallest absolute Gasteiger partial charge is 0.0631 e. The van der Waals surface area contributed by atoms with E-state index >= 15 is 0 Å². The molecule has 2 unspecified atom stereocenters. The molecule has 0 amide bonds. The Morgan fingerprint density at radius 1 is 1.50 bits per heavy atom. The zero-order chi connectivity index (χ0) is 15.0. The van der Waals surface area contributed by atoms with Gasteiger partial charge in [-0.25, -0.2) is 0 Å². The van der Waals surface area contributed by atoms with Gasteiger partial charge in [-0.1, -0.05) is 43.7 Å². The number of hydrogen-bond acceptors (Lipinski definition) is 3. The second kappa shape index (κ2) is 8.43. The zero-order valence-electron chi connectivity index (χ0n) is 12.8. The summed E-state index contributed by atoms with van der Waals surface area (Å²) < 4.78 is 0. The molecule has 1 aliphatic rings. The average molecular weight is 273 g/mol. The first kappa shape index (κ1) is 16.3. The highest BCUT2D eigenvalue weighted by molar-refractivity contribution is 5.36. The molecule has 0 saturated carbocycles. The van der Waals surface area contributed by atoms with Gasteiger partial charge in [0.25, 0.3) is 0 Å². The van der Waals surface area contributed by atoms with E-state index in [0.29, 0.717) is 6.54 Å². The molecule has 0 aliphatic carbocycles. The number of hydrogen-bond donors (Lipinski definition) is 3. The zero-order valence-corrected chi connectivity index (χ0v) is 12.8. The van der Waals surface area contributed by atoms with Crippen LogP contribution >= 0.6 is 0 Å². The monoisotopic (exact) mass is 273 g/mol. The molecule has 20 heavy (non-hydrogen) atoms. The van der Waals surface area contributed by atoms with E-state index in [9.17, 15) is 0 Å². The molecular weight excluding hydrogens is 246 g/mol.